The van der Waals surface area contributed by atoms with Gasteiger partial charge in [-0.2, -0.15) is 5.10 Å². The first-order chi connectivity index (χ1) is 12.1. The van der Waals surface area contributed by atoms with E-state index in [1.165, 1.54) is 12.8 Å². The number of nitrogens with zero attached hydrogens (tertiary/aromatic N) is 4. The molecule has 5 heteroatoms. The van der Waals surface area contributed by atoms with Crippen LogP contribution in [0.15, 0.2) is 42.7 Å². The van der Waals surface area contributed by atoms with Gasteiger partial charge < -0.3 is 4.90 Å². The third kappa shape index (κ3) is 4.48. The van der Waals surface area contributed by atoms with E-state index in [1.807, 2.05) is 66.3 Å². The molecule has 1 aromatic heterocycles. The zero-order valence-electron chi connectivity index (χ0n) is 15.3. The molecule has 1 fully saturated rings. The fourth-order valence-corrected chi connectivity index (χ4v) is 3.33. The van der Waals surface area contributed by atoms with Crippen molar-refractivity contribution in [2.45, 2.75) is 45.2 Å². The molecule has 0 aliphatic carbocycles. The van der Waals surface area contributed by atoms with Crippen molar-refractivity contribution in [1.29, 1.82) is 0 Å². The van der Waals surface area contributed by atoms with Crippen LogP contribution in [0, 0.1) is 0 Å². The van der Waals surface area contributed by atoms with Gasteiger partial charge in [-0.25, -0.2) is 4.68 Å². The lowest BCUT2D eigenvalue weighted by Gasteiger charge is -2.29. The molecule has 1 atom stereocenters. The molecule has 0 N–H and O–H groups in total. The van der Waals surface area contributed by atoms with Crippen molar-refractivity contribution in [2.24, 2.45) is 0 Å². The number of likely N-dealkylation sites (N-methyl/N-ethyl adjacent to an activating group) is 1. The minimum atomic E-state index is -0.113. The zero-order valence-corrected chi connectivity index (χ0v) is 15.3. The lowest BCUT2D eigenvalue weighted by Crippen LogP contribution is -2.45. The van der Waals surface area contributed by atoms with Crippen LogP contribution in [-0.4, -0.2) is 51.7 Å². The van der Waals surface area contributed by atoms with Crippen LogP contribution in [-0.2, 0) is 11.3 Å². The van der Waals surface area contributed by atoms with E-state index in [2.05, 4.69) is 10.00 Å². The Hall–Kier alpha value is -2.14. The van der Waals surface area contributed by atoms with E-state index in [-0.39, 0.29) is 11.9 Å². The van der Waals surface area contributed by atoms with Crippen molar-refractivity contribution < 1.29 is 4.79 Å². The molecule has 1 amide bonds. The van der Waals surface area contributed by atoms with Crippen molar-refractivity contribution in [1.82, 2.24) is 19.6 Å². The SMILES string of the molecule is CC(C(=O)N1CCCCCC1)N(C)Cc1cnn(-c2ccccc2)c1. The molecule has 3 rings (SSSR count). The predicted octanol–water partition coefficient (Wildman–Crippen LogP) is 3.10. The highest BCUT2D eigenvalue weighted by Crippen LogP contribution is 2.14. The van der Waals surface area contributed by atoms with Crippen LogP contribution in [0.2, 0.25) is 0 Å². The summed E-state index contributed by atoms with van der Waals surface area (Å²) >= 11 is 0. The summed E-state index contributed by atoms with van der Waals surface area (Å²) in [5.74, 6) is 0.250. The summed E-state index contributed by atoms with van der Waals surface area (Å²) in [6.07, 6.45) is 8.67. The minimum Gasteiger partial charge on any atom is -0.341 e. The third-order valence-electron chi connectivity index (χ3n) is 5.03. The van der Waals surface area contributed by atoms with E-state index >= 15 is 0 Å². The molecule has 0 spiro atoms. The van der Waals surface area contributed by atoms with Gasteiger partial charge in [-0.05, 0) is 38.9 Å². The molecule has 1 unspecified atom stereocenters. The van der Waals surface area contributed by atoms with Gasteiger partial charge in [0.1, 0.15) is 0 Å². The highest BCUT2D eigenvalue weighted by molar-refractivity contribution is 5.81. The Bertz CT molecular complexity index is 674. The maximum Gasteiger partial charge on any atom is 0.239 e. The van der Waals surface area contributed by atoms with Crippen LogP contribution in [0.5, 0.6) is 0 Å². The average molecular weight is 340 g/mol. The summed E-state index contributed by atoms with van der Waals surface area (Å²) in [7, 11) is 2.01. The van der Waals surface area contributed by atoms with E-state index in [9.17, 15) is 4.79 Å². The molecule has 0 radical (unpaired) electrons. The molecular weight excluding hydrogens is 312 g/mol. The number of aromatic nitrogens is 2. The second kappa shape index (κ2) is 8.30. The van der Waals surface area contributed by atoms with Gasteiger partial charge in [-0.1, -0.05) is 31.0 Å². The molecule has 2 heterocycles. The quantitative estimate of drug-likeness (QED) is 0.840. The highest BCUT2D eigenvalue weighted by Gasteiger charge is 2.24. The number of amides is 1. The number of rotatable bonds is 5. The topological polar surface area (TPSA) is 41.4 Å². The normalized spacial score (nSPS) is 16.7. The maximum atomic E-state index is 12.8. The summed E-state index contributed by atoms with van der Waals surface area (Å²) in [5.41, 5.74) is 2.16. The molecule has 1 aromatic carbocycles. The molecule has 0 saturated carbocycles. The third-order valence-corrected chi connectivity index (χ3v) is 5.03. The first kappa shape index (κ1) is 17.7. The first-order valence-corrected chi connectivity index (χ1v) is 9.23. The smallest absolute Gasteiger partial charge is 0.239 e. The van der Waals surface area contributed by atoms with Crippen molar-refractivity contribution in [3.05, 3.63) is 48.3 Å². The van der Waals surface area contributed by atoms with Crippen LogP contribution in [0.4, 0.5) is 0 Å². The Morgan fingerprint density at radius 1 is 1.16 bits per heavy atom. The number of benzene rings is 1. The summed E-state index contributed by atoms with van der Waals surface area (Å²) in [5, 5.41) is 4.44. The van der Waals surface area contributed by atoms with E-state index < -0.39 is 0 Å². The largest absolute Gasteiger partial charge is 0.341 e. The molecule has 5 nitrogen and oxygen atoms in total. The Kier molecular flexibility index (Phi) is 5.87. The fourth-order valence-electron chi connectivity index (χ4n) is 3.33. The predicted molar refractivity (Wildman–Crippen MR) is 99.5 cm³/mol. The number of carbonyl (C=O) groups excluding carboxylic acids is 1. The monoisotopic (exact) mass is 340 g/mol. The van der Waals surface area contributed by atoms with Crippen molar-refractivity contribution in [3.63, 3.8) is 0 Å². The summed E-state index contributed by atoms with van der Waals surface area (Å²) < 4.78 is 1.88. The van der Waals surface area contributed by atoms with E-state index in [4.69, 9.17) is 0 Å². The summed E-state index contributed by atoms with van der Waals surface area (Å²) in [6, 6.07) is 9.96. The fraction of sp³-hybridized carbons (Fsp3) is 0.500. The molecule has 25 heavy (non-hydrogen) atoms. The van der Waals surface area contributed by atoms with Gasteiger partial charge in [-0.3, -0.25) is 9.69 Å². The molecular formula is C20H28N4O. The number of likely N-dealkylation sites (tertiary alicyclic amines) is 1. The Morgan fingerprint density at radius 2 is 1.84 bits per heavy atom. The molecule has 1 aliphatic rings. The summed E-state index contributed by atoms with van der Waals surface area (Å²) in [6.45, 7) is 4.54. The molecule has 1 aliphatic heterocycles. The molecule has 2 aromatic rings. The second-order valence-corrected chi connectivity index (χ2v) is 6.96. The lowest BCUT2D eigenvalue weighted by molar-refractivity contribution is -0.136. The van der Waals surface area contributed by atoms with Gasteiger partial charge >= 0.3 is 0 Å². The van der Waals surface area contributed by atoms with Gasteiger partial charge in [0.15, 0.2) is 0 Å². The summed E-state index contributed by atoms with van der Waals surface area (Å²) in [4.78, 5) is 16.9. The Morgan fingerprint density at radius 3 is 2.52 bits per heavy atom. The lowest BCUT2D eigenvalue weighted by atomic mass is 10.2. The van der Waals surface area contributed by atoms with Crippen LogP contribution >= 0.6 is 0 Å². The Balaban J connectivity index is 1.60. The molecule has 1 saturated heterocycles. The standard InChI is InChI=1S/C20H28N4O/c1-17(20(25)23-12-8-3-4-9-13-23)22(2)15-18-14-21-24(16-18)19-10-6-5-7-11-19/h5-7,10-11,14,16-17H,3-4,8-9,12-13,15H2,1-2H3. The maximum absolute atomic E-state index is 12.8. The van der Waals surface area contributed by atoms with Crippen molar-refractivity contribution in [3.8, 4) is 5.69 Å². The van der Waals surface area contributed by atoms with Gasteiger partial charge in [0, 0.05) is 31.4 Å². The van der Waals surface area contributed by atoms with Crippen LogP contribution in [0.25, 0.3) is 5.69 Å². The van der Waals surface area contributed by atoms with Crippen LogP contribution < -0.4 is 0 Å². The molecule has 134 valence electrons. The van der Waals surface area contributed by atoms with Crippen molar-refractivity contribution >= 4 is 5.91 Å². The van der Waals surface area contributed by atoms with Gasteiger partial charge in [0.05, 0.1) is 17.9 Å². The Labute approximate surface area is 150 Å². The van der Waals surface area contributed by atoms with E-state index in [0.717, 1.165) is 37.2 Å². The number of para-hydroxylation sites is 1. The van der Waals surface area contributed by atoms with Crippen molar-refractivity contribution in [2.75, 3.05) is 20.1 Å². The van der Waals surface area contributed by atoms with Crippen LogP contribution in [0.3, 0.4) is 0 Å². The number of carbonyl (C=O) groups is 1. The first-order valence-electron chi connectivity index (χ1n) is 9.23. The molecule has 0 bridgehead atoms. The van der Waals surface area contributed by atoms with E-state index in [1.54, 1.807) is 0 Å². The second-order valence-electron chi connectivity index (χ2n) is 6.96. The van der Waals surface area contributed by atoms with Gasteiger partial charge in [0.2, 0.25) is 5.91 Å². The minimum absolute atomic E-state index is 0.113. The van der Waals surface area contributed by atoms with E-state index in [0.29, 0.717) is 6.54 Å². The average Bonchev–Trinajstić information content (AvgIpc) is 2.93. The van der Waals surface area contributed by atoms with Gasteiger partial charge in [-0.15, -0.1) is 0 Å². The highest BCUT2D eigenvalue weighted by atomic mass is 16.2. The van der Waals surface area contributed by atoms with Gasteiger partial charge in [0.25, 0.3) is 0 Å². The number of hydrogen-bond donors (Lipinski definition) is 0. The van der Waals surface area contributed by atoms with Crippen LogP contribution in [0.1, 0.15) is 38.2 Å². The number of hydrogen-bond acceptors (Lipinski definition) is 3. The zero-order chi connectivity index (χ0) is 17.6.